The third-order valence-electron chi connectivity index (χ3n) is 2.36. The number of hydrogen-bond donors (Lipinski definition) is 1. The molecule has 1 atom stereocenters. The summed E-state index contributed by atoms with van der Waals surface area (Å²) in [5, 5.41) is 17.9. The van der Waals surface area contributed by atoms with Crippen molar-refractivity contribution in [3.05, 3.63) is 35.7 Å². The second kappa shape index (κ2) is 5.33. The topological polar surface area (TPSA) is 59.2 Å². The molecule has 5 heteroatoms. The SMILES string of the molecule is CC[C@H](O)c1ccc(Sc2nnc(C)o2)cc1. The van der Waals surface area contributed by atoms with Crippen molar-refractivity contribution in [2.75, 3.05) is 0 Å². The predicted octanol–water partition coefficient (Wildman–Crippen LogP) is 2.97. The number of aliphatic hydroxyl groups excluding tert-OH is 1. The molecule has 1 N–H and O–H groups in total. The van der Waals surface area contributed by atoms with Gasteiger partial charge in [0.1, 0.15) is 0 Å². The molecular formula is C12H14N2O2S. The highest BCUT2D eigenvalue weighted by atomic mass is 32.2. The second-order valence-corrected chi connectivity index (χ2v) is 4.71. The van der Waals surface area contributed by atoms with E-state index in [9.17, 15) is 5.11 Å². The van der Waals surface area contributed by atoms with Gasteiger partial charge in [-0.3, -0.25) is 0 Å². The monoisotopic (exact) mass is 250 g/mol. The van der Waals surface area contributed by atoms with Crippen molar-refractivity contribution < 1.29 is 9.52 Å². The average Bonchev–Trinajstić information content (AvgIpc) is 2.75. The average molecular weight is 250 g/mol. The van der Waals surface area contributed by atoms with E-state index in [1.807, 2.05) is 31.2 Å². The third-order valence-corrected chi connectivity index (χ3v) is 3.21. The van der Waals surface area contributed by atoms with Crippen LogP contribution in [0.2, 0.25) is 0 Å². The fourth-order valence-electron chi connectivity index (χ4n) is 1.41. The molecule has 1 heterocycles. The maximum atomic E-state index is 9.67. The Hall–Kier alpha value is -1.33. The van der Waals surface area contributed by atoms with Crippen molar-refractivity contribution in [1.29, 1.82) is 0 Å². The molecule has 0 aliphatic rings. The van der Waals surface area contributed by atoms with Crippen LogP contribution in [0.5, 0.6) is 0 Å². The van der Waals surface area contributed by atoms with Gasteiger partial charge >= 0.3 is 0 Å². The lowest BCUT2D eigenvalue weighted by molar-refractivity contribution is 0.173. The summed E-state index contributed by atoms with van der Waals surface area (Å²) in [6.07, 6.45) is 0.328. The predicted molar refractivity (Wildman–Crippen MR) is 64.9 cm³/mol. The van der Waals surface area contributed by atoms with Crippen molar-refractivity contribution in [2.24, 2.45) is 0 Å². The summed E-state index contributed by atoms with van der Waals surface area (Å²) >= 11 is 1.41. The van der Waals surface area contributed by atoms with E-state index in [4.69, 9.17) is 4.42 Å². The Bertz CT molecular complexity index is 482. The molecule has 0 spiro atoms. The van der Waals surface area contributed by atoms with Crippen LogP contribution in [-0.2, 0) is 0 Å². The Balaban J connectivity index is 2.08. The van der Waals surface area contributed by atoms with E-state index < -0.39 is 0 Å². The Labute approximate surface area is 104 Å². The van der Waals surface area contributed by atoms with E-state index >= 15 is 0 Å². The molecule has 17 heavy (non-hydrogen) atoms. The van der Waals surface area contributed by atoms with Crippen LogP contribution in [0.15, 0.2) is 38.8 Å². The Morgan fingerprint density at radius 3 is 2.53 bits per heavy atom. The molecule has 0 radical (unpaired) electrons. The number of hydrogen-bond acceptors (Lipinski definition) is 5. The van der Waals surface area contributed by atoms with Crippen molar-refractivity contribution >= 4 is 11.8 Å². The van der Waals surface area contributed by atoms with Crippen LogP contribution in [0.4, 0.5) is 0 Å². The zero-order valence-electron chi connectivity index (χ0n) is 9.75. The zero-order chi connectivity index (χ0) is 12.3. The summed E-state index contributed by atoms with van der Waals surface area (Å²) in [4.78, 5) is 1.01. The summed E-state index contributed by atoms with van der Waals surface area (Å²) in [6, 6.07) is 7.72. The number of aliphatic hydroxyl groups is 1. The van der Waals surface area contributed by atoms with Gasteiger partial charge in [0.2, 0.25) is 5.89 Å². The van der Waals surface area contributed by atoms with Gasteiger partial charge in [-0.25, -0.2) is 0 Å². The molecule has 1 aromatic heterocycles. The van der Waals surface area contributed by atoms with E-state index in [1.54, 1.807) is 6.92 Å². The van der Waals surface area contributed by atoms with E-state index in [2.05, 4.69) is 10.2 Å². The minimum atomic E-state index is -0.389. The molecule has 0 bridgehead atoms. The summed E-state index contributed by atoms with van der Waals surface area (Å²) < 4.78 is 5.28. The molecule has 4 nitrogen and oxygen atoms in total. The number of aromatic nitrogens is 2. The number of benzene rings is 1. The van der Waals surface area contributed by atoms with Gasteiger partial charge in [-0.1, -0.05) is 19.1 Å². The van der Waals surface area contributed by atoms with Crippen LogP contribution in [-0.4, -0.2) is 15.3 Å². The van der Waals surface area contributed by atoms with Gasteiger partial charge in [-0.05, 0) is 35.9 Å². The molecule has 0 unspecified atom stereocenters. The lowest BCUT2D eigenvalue weighted by Gasteiger charge is -2.07. The van der Waals surface area contributed by atoms with Gasteiger partial charge in [-0.2, -0.15) is 0 Å². The highest BCUT2D eigenvalue weighted by Gasteiger charge is 2.07. The standard InChI is InChI=1S/C12H14N2O2S/c1-3-11(15)9-4-6-10(7-5-9)17-12-14-13-8(2)16-12/h4-7,11,15H,3H2,1-2H3/t11-/m0/s1. The van der Waals surface area contributed by atoms with Crippen LogP contribution in [0.25, 0.3) is 0 Å². The number of rotatable bonds is 4. The van der Waals surface area contributed by atoms with Gasteiger partial charge in [0, 0.05) is 11.8 Å². The molecule has 0 fully saturated rings. The third kappa shape index (κ3) is 3.08. The highest BCUT2D eigenvalue weighted by Crippen LogP contribution is 2.27. The smallest absolute Gasteiger partial charge is 0.281 e. The molecule has 2 aromatic rings. The Morgan fingerprint density at radius 1 is 1.29 bits per heavy atom. The largest absolute Gasteiger partial charge is 0.416 e. The van der Waals surface area contributed by atoms with Gasteiger partial charge < -0.3 is 9.52 Å². The molecule has 1 aromatic carbocycles. The number of aryl methyl sites for hydroxylation is 1. The van der Waals surface area contributed by atoms with Crippen LogP contribution in [0.1, 0.15) is 30.9 Å². The molecule has 90 valence electrons. The van der Waals surface area contributed by atoms with Crippen molar-refractivity contribution in [3.63, 3.8) is 0 Å². The van der Waals surface area contributed by atoms with Crippen molar-refractivity contribution in [1.82, 2.24) is 10.2 Å². The van der Waals surface area contributed by atoms with Crippen LogP contribution in [0.3, 0.4) is 0 Å². The van der Waals surface area contributed by atoms with E-state index in [-0.39, 0.29) is 6.10 Å². The fraction of sp³-hybridized carbons (Fsp3) is 0.333. The lowest BCUT2D eigenvalue weighted by Crippen LogP contribution is -1.93. The maximum absolute atomic E-state index is 9.67. The van der Waals surface area contributed by atoms with E-state index in [1.165, 1.54) is 11.8 Å². The maximum Gasteiger partial charge on any atom is 0.281 e. The fourth-order valence-corrected chi connectivity index (χ4v) is 2.13. The molecule has 2 rings (SSSR count). The molecule has 0 saturated carbocycles. The summed E-state index contributed by atoms with van der Waals surface area (Å²) in [6.45, 7) is 3.71. The van der Waals surface area contributed by atoms with Crippen molar-refractivity contribution in [2.45, 2.75) is 36.5 Å². The summed E-state index contributed by atoms with van der Waals surface area (Å²) in [7, 11) is 0. The normalized spacial score (nSPS) is 12.6. The second-order valence-electron chi connectivity index (χ2n) is 3.68. The quantitative estimate of drug-likeness (QED) is 0.904. The van der Waals surface area contributed by atoms with Gasteiger partial charge in [0.15, 0.2) is 0 Å². The molecule has 0 aliphatic carbocycles. The van der Waals surface area contributed by atoms with E-state index in [0.717, 1.165) is 16.9 Å². The molecule has 0 aliphatic heterocycles. The minimum absolute atomic E-state index is 0.389. The van der Waals surface area contributed by atoms with Crippen LogP contribution in [0, 0.1) is 6.92 Å². The summed E-state index contributed by atoms with van der Waals surface area (Å²) in [5.41, 5.74) is 0.929. The first-order valence-corrected chi connectivity index (χ1v) is 6.26. The van der Waals surface area contributed by atoms with Crippen molar-refractivity contribution in [3.8, 4) is 0 Å². The molecular weight excluding hydrogens is 236 g/mol. The lowest BCUT2D eigenvalue weighted by atomic mass is 10.1. The van der Waals surface area contributed by atoms with Gasteiger partial charge in [0.05, 0.1) is 6.10 Å². The minimum Gasteiger partial charge on any atom is -0.416 e. The number of nitrogens with zero attached hydrogens (tertiary/aromatic N) is 2. The Kier molecular flexibility index (Phi) is 3.81. The van der Waals surface area contributed by atoms with Gasteiger partial charge in [0.25, 0.3) is 5.22 Å². The first kappa shape index (κ1) is 12.1. The Morgan fingerprint density at radius 2 is 2.00 bits per heavy atom. The molecule has 0 saturated heterocycles. The molecule has 0 amide bonds. The first-order chi connectivity index (χ1) is 8.19. The van der Waals surface area contributed by atoms with E-state index in [0.29, 0.717) is 11.1 Å². The first-order valence-electron chi connectivity index (χ1n) is 5.45. The van der Waals surface area contributed by atoms with Crippen LogP contribution >= 0.6 is 11.8 Å². The summed E-state index contributed by atoms with van der Waals surface area (Å²) in [5.74, 6) is 0.561. The van der Waals surface area contributed by atoms with Gasteiger partial charge in [-0.15, -0.1) is 10.2 Å². The zero-order valence-corrected chi connectivity index (χ0v) is 10.6. The van der Waals surface area contributed by atoms with Crippen LogP contribution < -0.4 is 0 Å². The highest BCUT2D eigenvalue weighted by molar-refractivity contribution is 7.99.